The Balaban J connectivity index is 1.88. The summed E-state index contributed by atoms with van der Waals surface area (Å²) in [6.07, 6.45) is 1.71. The largest absolute Gasteiger partial charge is 0.450 e. The number of aliphatic imine (C=N–C) groups is 1. The number of thioether (sulfide) groups is 1. The summed E-state index contributed by atoms with van der Waals surface area (Å²) in [5.74, 6) is 0.508. The third-order valence-electron chi connectivity index (χ3n) is 2.92. The molecule has 4 nitrogen and oxygen atoms in total. The first kappa shape index (κ1) is 15.4. The molecule has 2 aromatic rings. The smallest absolute Gasteiger partial charge is 0.266 e. The maximum Gasteiger partial charge on any atom is 0.266 e. The molecular formula is C15H10BrClN2O2S. The summed E-state index contributed by atoms with van der Waals surface area (Å²) in [6.45, 7) is 0. The van der Waals surface area contributed by atoms with Crippen molar-refractivity contribution in [1.29, 1.82) is 0 Å². The van der Waals surface area contributed by atoms with Crippen molar-refractivity contribution in [1.82, 2.24) is 4.90 Å². The molecule has 22 heavy (non-hydrogen) atoms. The van der Waals surface area contributed by atoms with E-state index in [0.717, 1.165) is 5.69 Å². The number of benzene rings is 1. The van der Waals surface area contributed by atoms with E-state index in [-0.39, 0.29) is 5.91 Å². The second kappa shape index (κ2) is 6.32. The van der Waals surface area contributed by atoms with Crippen LogP contribution in [0, 0.1) is 0 Å². The van der Waals surface area contributed by atoms with Crippen LogP contribution in [0.4, 0.5) is 5.69 Å². The Morgan fingerprint density at radius 1 is 1.27 bits per heavy atom. The molecule has 0 N–H and O–H groups in total. The van der Waals surface area contributed by atoms with Crippen LogP contribution in [0.2, 0.25) is 5.02 Å². The van der Waals surface area contributed by atoms with Crippen molar-refractivity contribution in [2.45, 2.75) is 0 Å². The highest BCUT2D eigenvalue weighted by Gasteiger charge is 2.30. The molecule has 2 heterocycles. The Labute approximate surface area is 145 Å². The lowest BCUT2D eigenvalue weighted by Crippen LogP contribution is -2.23. The van der Waals surface area contributed by atoms with Crippen LogP contribution in [0.25, 0.3) is 6.08 Å². The van der Waals surface area contributed by atoms with Crippen molar-refractivity contribution in [3.8, 4) is 0 Å². The monoisotopic (exact) mass is 396 g/mol. The topological polar surface area (TPSA) is 45.8 Å². The van der Waals surface area contributed by atoms with E-state index in [9.17, 15) is 4.79 Å². The van der Waals surface area contributed by atoms with Crippen LogP contribution in [0.1, 0.15) is 5.76 Å². The van der Waals surface area contributed by atoms with E-state index in [2.05, 4.69) is 20.9 Å². The minimum Gasteiger partial charge on any atom is -0.450 e. The predicted octanol–water partition coefficient (Wildman–Crippen LogP) is 4.93. The number of halogens is 2. The zero-order chi connectivity index (χ0) is 15.7. The quantitative estimate of drug-likeness (QED) is 0.675. The van der Waals surface area contributed by atoms with E-state index in [1.807, 2.05) is 0 Å². The number of carbonyl (C=O) groups excluding carboxylic acids is 1. The number of amides is 1. The number of carbonyl (C=O) groups is 1. The Morgan fingerprint density at radius 3 is 2.64 bits per heavy atom. The number of rotatable bonds is 2. The van der Waals surface area contributed by atoms with Gasteiger partial charge in [0.2, 0.25) is 0 Å². The maximum absolute atomic E-state index is 12.3. The fourth-order valence-electron chi connectivity index (χ4n) is 1.81. The summed E-state index contributed by atoms with van der Waals surface area (Å²) in [6, 6.07) is 10.7. The van der Waals surface area contributed by atoms with Crippen LogP contribution in [0.3, 0.4) is 0 Å². The average molecular weight is 398 g/mol. The summed E-state index contributed by atoms with van der Waals surface area (Å²) < 4.78 is 6.02. The van der Waals surface area contributed by atoms with Crippen molar-refractivity contribution < 1.29 is 9.21 Å². The average Bonchev–Trinajstić information content (AvgIpc) is 3.01. The van der Waals surface area contributed by atoms with Gasteiger partial charge in [0.1, 0.15) is 5.76 Å². The fourth-order valence-corrected chi connectivity index (χ4v) is 3.22. The van der Waals surface area contributed by atoms with Crippen molar-refractivity contribution in [3.63, 3.8) is 0 Å². The number of nitrogens with zero attached hydrogens (tertiary/aromatic N) is 2. The number of hydrogen-bond donors (Lipinski definition) is 0. The molecule has 1 aromatic heterocycles. The summed E-state index contributed by atoms with van der Waals surface area (Å²) in [7, 11) is 1.70. The molecule has 0 unspecified atom stereocenters. The number of amidine groups is 1. The van der Waals surface area contributed by atoms with E-state index in [0.29, 0.717) is 25.5 Å². The molecule has 0 atom stereocenters. The molecule has 3 rings (SSSR count). The van der Waals surface area contributed by atoms with E-state index in [1.165, 1.54) is 16.7 Å². The Kier molecular flexibility index (Phi) is 4.42. The molecule has 1 aliphatic rings. The second-order valence-corrected chi connectivity index (χ2v) is 6.71. The number of likely N-dealkylation sites (N-methyl/N-ethyl adjacent to an activating group) is 1. The van der Waals surface area contributed by atoms with Gasteiger partial charge in [-0.2, -0.15) is 0 Å². The summed E-state index contributed by atoms with van der Waals surface area (Å²) in [4.78, 5) is 18.8. The van der Waals surface area contributed by atoms with Gasteiger partial charge in [0, 0.05) is 18.1 Å². The molecule has 1 fully saturated rings. The lowest BCUT2D eigenvalue weighted by molar-refractivity contribution is -0.121. The molecule has 0 saturated carbocycles. The van der Waals surface area contributed by atoms with E-state index < -0.39 is 0 Å². The first-order valence-corrected chi connectivity index (χ1v) is 8.29. The first-order chi connectivity index (χ1) is 10.5. The molecule has 1 saturated heterocycles. The van der Waals surface area contributed by atoms with Gasteiger partial charge in [-0.3, -0.25) is 9.69 Å². The minimum absolute atomic E-state index is 0.106. The predicted molar refractivity (Wildman–Crippen MR) is 93.3 cm³/mol. The molecule has 7 heteroatoms. The van der Waals surface area contributed by atoms with E-state index in [1.54, 1.807) is 49.5 Å². The molecule has 112 valence electrons. The van der Waals surface area contributed by atoms with Crippen molar-refractivity contribution in [2.75, 3.05) is 7.05 Å². The number of hydrogen-bond acceptors (Lipinski definition) is 4. The summed E-state index contributed by atoms with van der Waals surface area (Å²) in [5, 5.41) is 1.26. The standard InChI is InChI=1S/C15H10BrClN2O2S/c1-19-14(20)12(8-11-6-7-13(16)21-11)22-15(19)18-10-4-2-9(17)3-5-10/h2-8H,1H3/b12-8+,18-15?. The van der Waals surface area contributed by atoms with Crippen molar-refractivity contribution in [3.05, 3.63) is 56.8 Å². The SMILES string of the molecule is CN1C(=O)/C(=C\c2ccc(Br)o2)SC1=Nc1ccc(Cl)cc1. The van der Waals surface area contributed by atoms with Gasteiger partial charge >= 0.3 is 0 Å². The van der Waals surface area contributed by atoms with Crippen LogP contribution in [-0.2, 0) is 4.79 Å². The van der Waals surface area contributed by atoms with Gasteiger partial charge in [-0.25, -0.2) is 4.99 Å². The zero-order valence-electron chi connectivity index (χ0n) is 11.4. The number of furan rings is 1. The third-order valence-corrected chi connectivity index (χ3v) is 4.66. The van der Waals surface area contributed by atoms with Gasteiger partial charge in [-0.05, 0) is 64.1 Å². The molecule has 0 radical (unpaired) electrons. The zero-order valence-corrected chi connectivity index (χ0v) is 14.6. The third kappa shape index (κ3) is 3.29. The van der Waals surface area contributed by atoms with Crippen molar-refractivity contribution >= 4 is 62.1 Å². The fraction of sp³-hybridized carbons (Fsp3) is 0.0667. The molecular weight excluding hydrogens is 388 g/mol. The maximum atomic E-state index is 12.3. The van der Waals surface area contributed by atoms with Gasteiger partial charge in [0.15, 0.2) is 9.84 Å². The normalized spacial score (nSPS) is 18.7. The van der Waals surface area contributed by atoms with Crippen LogP contribution in [0.15, 0.2) is 55.4 Å². The molecule has 0 aliphatic carbocycles. The van der Waals surface area contributed by atoms with Gasteiger partial charge < -0.3 is 4.42 Å². The lowest BCUT2D eigenvalue weighted by atomic mass is 10.3. The Bertz CT molecular complexity index is 783. The lowest BCUT2D eigenvalue weighted by Gasteiger charge is -2.06. The van der Waals surface area contributed by atoms with Gasteiger partial charge in [-0.15, -0.1) is 0 Å². The first-order valence-electron chi connectivity index (χ1n) is 6.30. The molecule has 0 spiro atoms. The minimum atomic E-state index is -0.106. The summed E-state index contributed by atoms with van der Waals surface area (Å²) >= 11 is 10.4. The van der Waals surface area contributed by atoms with E-state index >= 15 is 0 Å². The molecule has 1 aromatic carbocycles. The van der Waals surface area contributed by atoms with Gasteiger partial charge in [0.25, 0.3) is 5.91 Å². The van der Waals surface area contributed by atoms with Crippen molar-refractivity contribution in [2.24, 2.45) is 4.99 Å². The molecule has 0 bridgehead atoms. The molecule has 1 amide bonds. The van der Waals surface area contributed by atoms with Gasteiger partial charge in [0.05, 0.1) is 10.6 Å². The van der Waals surface area contributed by atoms with Crippen LogP contribution >= 0.6 is 39.3 Å². The van der Waals surface area contributed by atoms with Gasteiger partial charge in [-0.1, -0.05) is 11.6 Å². The highest BCUT2D eigenvalue weighted by Crippen LogP contribution is 2.33. The Morgan fingerprint density at radius 2 is 2.00 bits per heavy atom. The Hall–Kier alpha value is -1.50. The highest BCUT2D eigenvalue weighted by molar-refractivity contribution is 9.10. The van der Waals surface area contributed by atoms with Crippen LogP contribution in [-0.4, -0.2) is 23.0 Å². The highest BCUT2D eigenvalue weighted by atomic mass is 79.9. The summed E-state index contributed by atoms with van der Waals surface area (Å²) in [5.41, 5.74) is 0.744. The van der Waals surface area contributed by atoms with Crippen LogP contribution < -0.4 is 0 Å². The van der Waals surface area contributed by atoms with E-state index in [4.69, 9.17) is 16.0 Å². The molecule has 1 aliphatic heterocycles. The van der Waals surface area contributed by atoms with Crippen LogP contribution in [0.5, 0.6) is 0 Å². The second-order valence-electron chi connectivity index (χ2n) is 4.49.